The molecule has 2 heterocycles. The number of para-hydroxylation sites is 1. The molecular weight excluding hydrogens is 543 g/mol. The van der Waals surface area contributed by atoms with E-state index in [-0.39, 0.29) is 0 Å². The molecule has 0 saturated carbocycles. The van der Waals surface area contributed by atoms with Crippen LogP contribution in [0.3, 0.4) is 0 Å². The standard InChI is InChI=1S/C34H35FN6O2/c1-2-24-9-11-25(12-10-24)33-38-30-7-4-8-31(32(30)39-33)41-19-17-40(18-20-41)21-22-43-29-15-13-27(14-16-29)36-34(42)37-28-6-3-5-26(35)23-28/h3-16,23H,2,17-22H2,1H3,(H,38,39)(H2,36,37,42). The molecule has 0 atom stereocenters. The number of amides is 2. The van der Waals surface area contributed by atoms with Gasteiger partial charge in [0, 0.05) is 49.7 Å². The monoisotopic (exact) mass is 578 g/mol. The van der Waals surface area contributed by atoms with Crippen LogP contribution in [0.15, 0.2) is 91.0 Å². The Hall–Kier alpha value is -4.89. The zero-order chi connectivity index (χ0) is 29.6. The number of aryl methyl sites for hydroxylation is 1. The number of carbonyl (C=O) groups excluding carboxylic acids is 1. The maximum absolute atomic E-state index is 13.3. The number of hydrogen-bond acceptors (Lipinski definition) is 5. The number of nitrogens with one attached hydrogen (secondary N) is 3. The minimum atomic E-state index is -0.441. The number of imidazole rings is 1. The number of halogens is 1. The van der Waals surface area contributed by atoms with Crippen molar-refractivity contribution < 1.29 is 13.9 Å². The number of nitrogens with zero attached hydrogens (tertiary/aromatic N) is 3. The average Bonchev–Trinajstić information content (AvgIpc) is 3.47. The van der Waals surface area contributed by atoms with Gasteiger partial charge in [-0.15, -0.1) is 0 Å². The van der Waals surface area contributed by atoms with Crippen molar-refractivity contribution in [3.63, 3.8) is 0 Å². The summed E-state index contributed by atoms with van der Waals surface area (Å²) in [5.74, 6) is 1.23. The SMILES string of the molecule is CCc1ccc(-c2nc3c(N4CCN(CCOc5ccc(NC(=O)Nc6cccc(F)c6)cc5)CC4)cccc3[nH]2)cc1. The van der Waals surface area contributed by atoms with E-state index in [0.717, 1.165) is 67.3 Å². The Balaban J connectivity index is 0.970. The highest BCUT2D eigenvalue weighted by atomic mass is 19.1. The van der Waals surface area contributed by atoms with E-state index in [1.54, 1.807) is 24.3 Å². The molecule has 1 saturated heterocycles. The van der Waals surface area contributed by atoms with E-state index in [0.29, 0.717) is 18.0 Å². The molecule has 4 aromatic carbocycles. The molecule has 1 aliphatic heterocycles. The fraction of sp³-hybridized carbons (Fsp3) is 0.235. The Bertz CT molecular complexity index is 1680. The van der Waals surface area contributed by atoms with Gasteiger partial charge in [-0.25, -0.2) is 14.2 Å². The minimum Gasteiger partial charge on any atom is -0.492 e. The normalized spacial score (nSPS) is 13.7. The van der Waals surface area contributed by atoms with Gasteiger partial charge >= 0.3 is 6.03 Å². The molecule has 8 nitrogen and oxygen atoms in total. The molecule has 1 fully saturated rings. The van der Waals surface area contributed by atoms with Crippen molar-refractivity contribution in [3.05, 3.63) is 102 Å². The smallest absolute Gasteiger partial charge is 0.323 e. The lowest BCUT2D eigenvalue weighted by Crippen LogP contribution is -2.47. The predicted octanol–water partition coefficient (Wildman–Crippen LogP) is 6.78. The second-order valence-corrected chi connectivity index (χ2v) is 10.6. The number of ether oxygens (including phenoxy) is 1. The van der Waals surface area contributed by atoms with E-state index in [1.807, 2.05) is 12.1 Å². The van der Waals surface area contributed by atoms with Crippen LogP contribution >= 0.6 is 0 Å². The van der Waals surface area contributed by atoms with Crippen molar-refractivity contribution in [2.24, 2.45) is 0 Å². The van der Waals surface area contributed by atoms with E-state index in [2.05, 4.69) is 74.8 Å². The second kappa shape index (κ2) is 13.0. The zero-order valence-corrected chi connectivity index (χ0v) is 24.1. The number of aromatic nitrogens is 2. The largest absolute Gasteiger partial charge is 0.492 e. The fourth-order valence-electron chi connectivity index (χ4n) is 5.31. The van der Waals surface area contributed by atoms with Crippen molar-refractivity contribution in [3.8, 4) is 17.1 Å². The summed E-state index contributed by atoms with van der Waals surface area (Å²) < 4.78 is 19.3. The van der Waals surface area contributed by atoms with Gasteiger partial charge in [-0.3, -0.25) is 4.90 Å². The molecule has 3 N–H and O–H groups in total. The van der Waals surface area contributed by atoms with Crippen LogP contribution in [0.25, 0.3) is 22.4 Å². The first-order chi connectivity index (χ1) is 21.0. The van der Waals surface area contributed by atoms with Crippen LogP contribution in [-0.2, 0) is 6.42 Å². The van der Waals surface area contributed by atoms with Crippen LogP contribution in [0.2, 0.25) is 0 Å². The van der Waals surface area contributed by atoms with Crippen molar-refractivity contribution in [1.29, 1.82) is 0 Å². The van der Waals surface area contributed by atoms with E-state index in [9.17, 15) is 9.18 Å². The molecule has 1 aliphatic rings. The highest BCUT2D eigenvalue weighted by Gasteiger charge is 2.20. The Kier molecular flexibility index (Phi) is 8.51. The van der Waals surface area contributed by atoms with Crippen LogP contribution in [-0.4, -0.2) is 60.2 Å². The van der Waals surface area contributed by atoms with Crippen molar-refractivity contribution in [2.75, 3.05) is 54.9 Å². The number of benzene rings is 4. The fourth-order valence-corrected chi connectivity index (χ4v) is 5.31. The molecule has 9 heteroatoms. The number of H-pyrrole nitrogens is 1. The van der Waals surface area contributed by atoms with Gasteiger partial charge in [0.2, 0.25) is 0 Å². The van der Waals surface area contributed by atoms with Gasteiger partial charge in [0.1, 0.15) is 29.5 Å². The molecule has 220 valence electrons. The van der Waals surface area contributed by atoms with Crippen LogP contribution in [0, 0.1) is 5.82 Å². The topological polar surface area (TPSA) is 85.5 Å². The lowest BCUT2D eigenvalue weighted by atomic mass is 10.1. The van der Waals surface area contributed by atoms with Gasteiger partial charge in [0.25, 0.3) is 0 Å². The lowest BCUT2D eigenvalue weighted by Gasteiger charge is -2.36. The number of anilines is 3. The molecule has 1 aromatic heterocycles. The Morgan fingerprint density at radius 1 is 0.907 bits per heavy atom. The first kappa shape index (κ1) is 28.2. The first-order valence-electron chi connectivity index (χ1n) is 14.7. The third-order valence-corrected chi connectivity index (χ3v) is 7.71. The maximum atomic E-state index is 13.3. The molecule has 43 heavy (non-hydrogen) atoms. The number of hydrogen-bond donors (Lipinski definition) is 3. The molecule has 6 rings (SSSR count). The third kappa shape index (κ3) is 6.95. The predicted molar refractivity (Wildman–Crippen MR) is 171 cm³/mol. The summed E-state index contributed by atoms with van der Waals surface area (Å²) in [4.78, 5) is 25.5. The summed E-state index contributed by atoms with van der Waals surface area (Å²) in [6, 6.07) is 27.5. The Morgan fingerprint density at radius 2 is 1.65 bits per heavy atom. The van der Waals surface area contributed by atoms with E-state index >= 15 is 0 Å². The number of piperazine rings is 1. The highest BCUT2D eigenvalue weighted by Crippen LogP contribution is 2.29. The summed E-state index contributed by atoms with van der Waals surface area (Å²) in [7, 11) is 0. The Morgan fingerprint density at radius 3 is 2.40 bits per heavy atom. The number of fused-ring (bicyclic) bond motifs is 1. The molecule has 0 radical (unpaired) electrons. The van der Waals surface area contributed by atoms with Crippen molar-refractivity contribution in [1.82, 2.24) is 14.9 Å². The third-order valence-electron chi connectivity index (χ3n) is 7.71. The van der Waals surface area contributed by atoms with Gasteiger partial charge in [0.05, 0.1) is 11.2 Å². The second-order valence-electron chi connectivity index (χ2n) is 10.6. The van der Waals surface area contributed by atoms with Gasteiger partial charge in [-0.1, -0.05) is 43.3 Å². The molecule has 0 aliphatic carbocycles. The molecular formula is C34H35FN6O2. The zero-order valence-electron chi connectivity index (χ0n) is 24.1. The summed E-state index contributed by atoms with van der Waals surface area (Å²) >= 11 is 0. The number of aromatic amines is 1. The first-order valence-corrected chi connectivity index (χ1v) is 14.7. The maximum Gasteiger partial charge on any atom is 0.323 e. The summed E-state index contributed by atoms with van der Waals surface area (Å²) in [5, 5.41) is 5.35. The van der Waals surface area contributed by atoms with Crippen molar-refractivity contribution in [2.45, 2.75) is 13.3 Å². The van der Waals surface area contributed by atoms with Gasteiger partial charge in [0.15, 0.2) is 0 Å². The van der Waals surface area contributed by atoms with E-state index < -0.39 is 11.8 Å². The summed E-state index contributed by atoms with van der Waals surface area (Å²) in [6.07, 6.45) is 1.02. The number of urea groups is 1. The van der Waals surface area contributed by atoms with Gasteiger partial charge < -0.3 is 25.3 Å². The quantitative estimate of drug-likeness (QED) is 0.180. The van der Waals surface area contributed by atoms with Crippen LogP contribution in [0.5, 0.6) is 5.75 Å². The Labute approximate surface area is 250 Å². The van der Waals surface area contributed by atoms with Crippen LogP contribution < -0.4 is 20.3 Å². The molecule has 0 spiro atoms. The number of carbonyl (C=O) groups is 1. The number of rotatable bonds is 9. The summed E-state index contributed by atoms with van der Waals surface area (Å²) in [6.45, 7) is 7.29. The summed E-state index contributed by atoms with van der Waals surface area (Å²) in [5.41, 5.74) is 6.65. The van der Waals surface area contributed by atoms with Gasteiger partial charge in [-0.05, 0) is 66.6 Å². The van der Waals surface area contributed by atoms with E-state index in [4.69, 9.17) is 9.72 Å². The van der Waals surface area contributed by atoms with Gasteiger partial charge in [-0.2, -0.15) is 0 Å². The minimum absolute atomic E-state index is 0.388. The molecule has 2 amide bonds. The molecule has 0 bridgehead atoms. The van der Waals surface area contributed by atoms with Crippen LogP contribution in [0.4, 0.5) is 26.2 Å². The van der Waals surface area contributed by atoms with Crippen molar-refractivity contribution >= 4 is 34.1 Å². The molecule has 5 aromatic rings. The van der Waals surface area contributed by atoms with Crippen LogP contribution in [0.1, 0.15) is 12.5 Å². The van der Waals surface area contributed by atoms with E-state index in [1.165, 1.54) is 23.4 Å². The molecule has 0 unspecified atom stereocenters. The highest BCUT2D eigenvalue weighted by molar-refractivity contribution is 5.99. The average molecular weight is 579 g/mol. The lowest BCUT2D eigenvalue weighted by molar-refractivity contribution is 0.200.